The molecule has 2 aromatic carbocycles. The zero-order valence-corrected chi connectivity index (χ0v) is 12.6. The van der Waals surface area contributed by atoms with Crippen LogP contribution in [-0.2, 0) is 22.6 Å². The average Bonchev–Trinajstić information content (AvgIpc) is 2.46. The number of esters is 1. The molecule has 0 aliphatic heterocycles. The third-order valence-corrected chi connectivity index (χ3v) is 3.46. The molecule has 3 heteroatoms. The highest BCUT2D eigenvalue weighted by atomic mass is 16.5. The largest absolute Gasteiger partial charge is 0.461 e. The molecule has 0 aliphatic carbocycles. The van der Waals surface area contributed by atoms with E-state index >= 15 is 0 Å². The SMILES string of the molecule is Cc1ccc(C)c(COC(=O)CCc2cccc(N)c2)c1. The van der Waals surface area contributed by atoms with Crippen molar-refractivity contribution < 1.29 is 9.53 Å². The van der Waals surface area contributed by atoms with Gasteiger partial charge in [-0.05, 0) is 49.1 Å². The van der Waals surface area contributed by atoms with Crippen LogP contribution in [0.3, 0.4) is 0 Å². The summed E-state index contributed by atoms with van der Waals surface area (Å²) in [5.74, 6) is -0.182. The molecule has 0 unspecified atom stereocenters. The van der Waals surface area contributed by atoms with Gasteiger partial charge in [-0.2, -0.15) is 0 Å². The normalized spacial score (nSPS) is 10.4. The standard InChI is InChI=1S/C18H21NO2/c1-13-6-7-14(2)16(10-13)12-21-18(20)9-8-15-4-3-5-17(19)11-15/h3-7,10-11H,8-9,12,19H2,1-2H3. The van der Waals surface area contributed by atoms with Crippen molar-refractivity contribution in [2.45, 2.75) is 33.3 Å². The van der Waals surface area contributed by atoms with Crippen LogP contribution in [0.1, 0.15) is 28.7 Å². The summed E-state index contributed by atoms with van der Waals surface area (Å²) in [5.41, 5.74) is 10.9. The highest BCUT2D eigenvalue weighted by Gasteiger charge is 2.06. The molecule has 0 heterocycles. The van der Waals surface area contributed by atoms with E-state index in [9.17, 15) is 4.79 Å². The first-order valence-corrected chi connectivity index (χ1v) is 7.11. The first kappa shape index (κ1) is 15.1. The first-order valence-electron chi connectivity index (χ1n) is 7.11. The van der Waals surface area contributed by atoms with E-state index < -0.39 is 0 Å². The molecule has 0 radical (unpaired) electrons. The molecule has 3 nitrogen and oxygen atoms in total. The second-order valence-corrected chi connectivity index (χ2v) is 5.34. The molecule has 0 saturated carbocycles. The summed E-state index contributed by atoms with van der Waals surface area (Å²) in [6, 6.07) is 13.7. The number of rotatable bonds is 5. The molecule has 0 fully saturated rings. The fourth-order valence-electron chi connectivity index (χ4n) is 2.18. The number of hydrogen-bond acceptors (Lipinski definition) is 3. The lowest BCUT2D eigenvalue weighted by atomic mass is 10.1. The number of anilines is 1. The fraction of sp³-hybridized carbons (Fsp3) is 0.278. The van der Waals surface area contributed by atoms with Gasteiger partial charge in [0, 0.05) is 12.1 Å². The number of carbonyl (C=O) groups excluding carboxylic acids is 1. The van der Waals surface area contributed by atoms with Gasteiger partial charge in [0.1, 0.15) is 6.61 Å². The van der Waals surface area contributed by atoms with E-state index in [2.05, 4.69) is 12.1 Å². The molecule has 0 aliphatic rings. The maximum Gasteiger partial charge on any atom is 0.306 e. The van der Waals surface area contributed by atoms with E-state index in [0.29, 0.717) is 19.4 Å². The molecule has 2 N–H and O–H groups in total. The number of nitrogens with two attached hydrogens (primary N) is 1. The van der Waals surface area contributed by atoms with E-state index in [1.54, 1.807) is 0 Å². The van der Waals surface area contributed by atoms with Gasteiger partial charge in [-0.1, -0.05) is 35.9 Å². The van der Waals surface area contributed by atoms with Crippen LogP contribution in [0, 0.1) is 13.8 Å². The van der Waals surface area contributed by atoms with Gasteiger partial charge in [-0.25, -0.2) is 0 Å². The number of ether oxygens (including phenoxy) is 1. The summed E-state index contributed by atoms with van der Waals surface area (Å²) in [6.07, 6.45) is 1.02. The van der Waals surface area contributed by atoms with Crippen LogP contribution in [-0.4, -0.2) is 5.97 Å². The zero-order valence-electron chi connectivity index (χ0n) is 12.6. The van der Waals surface area contributed by atoms with Gasteiger partial charge in [-0.15, -0.1) is 0 Å². The third kappa shape index (κ3) is 4.63. The molecule has 0 saturated heterocycles. The van der Waals surface area contributed by atoms with Crippen molar-refractivity contribution in [3.63, 3.8) is 0 Å². The molecule has 2 aromatic rings. The molecule has 2 rings (SSSR count). The Hall–Kier alpha value is -2.29. The van der Waals surface area contributed by atoms with Gasteiger partial charge in [0.05, 0.1) is 0 Å². The zero-order chi connectivity index (χ0) is 15.2. The van der Waals surface area contributed by atoms with E-state index in [1.165, 1.54) is 5.56 Å². The number of benzene rings is 2. The Morgan fingerprint density at radius 2 is 1.95 bits per heavy atom. The highest BCUT2D eigenvalue weighted by molar-refractivity contribution is 5.69. The first-order chi connectivity index (χ1) is 10.0. The number of aryl methyl sites for hydroxylation is 3. The Morgan fingerprint density at radius 1 is 1.14 bits per heavy atom. The lowest BCUT2D eigenvalue weighted by Gasteiger charge is -2.09. The quantitative estimate of drug-likeness (QED) is 0.674. The summed E-state index contributed by atoms with van der Waals surface area (Å²) in [4.78, 5) is 11.8. The fourth-order valence-corrected chi connectivity index (χ4v) is 2.18. The van der Waals surface area contributed by atoms with Crippen molar-refractivity contribution in [3.05, 3.63) is 64.7 Å². The van der Waals surface area contributed by atoms with Crippen LogP contribution in [0.25, 0.3) is 0 Å². The average molecular weight is 283 g/mol. The lowest BCUT2D eigenvalue weighted by Crippen LogP contribution is -2.07. The summed E-state index contributed by atoms with van der Waals surface area (Å²) >= 11 is 0. The van der Waals surface area contributed by atoms with E-state index in [-0.39, 0.29) is 5.97 Å². The smallest absolute Gasteiger partial charge is 0.306 e. The molecule has 0 spiro atoms. The molecule has 0 atom stereocenters. The summed E-state index contributed by atoms with van der Waals surface area (Å²) in [6.45, 7) is 4.39. The predicted molar refractivity (Wildman–Crippen MR) is 84.9 cm³/mol. The van der Waals surface area contributed by atoms with Gasteiger partial charge in [0.15, 0.2) is 0 Å². The molecule has 0 bridgehead atoms. The second kappa shape index (κ2) is 6.93. The summed E-state index contributed by atoms with van der Waals surface area (Å²) < 4.78 is 5.35. The summed E-state index contributed by atoms with van der Waals surface area (Å²) in [5, 5.41) is 0. The minimum absolute atomic E-state index is 0.182. The highest BCUT2D eigenvalue weighted by Crippen LogP contribution is 2.13. The number of hydrogen-bond donors (Lipinski definition) is 1. The minimum Gasteiger partial charge on any atom is -0.461 e. The maximum absolute atomic E-state index is 11.8. The molecule has 21 heavy (non-hydrogen) atoms. The number of nitrogen functional groups attached to an aromatic ring is 1. The van der Waals surface area contributed by atoms with Gasteiger partial charge >= 0.3 is 5.97 Å². The van der Waals surface area contributed by atoms with E-state index in [0.717, 1.165) is 22.4 Å². The number of carbonyl (C=O) groups is 1. The molecule has 0 amide bonds. The Balaban J connectivity index is 1.83. The van der Waals surface area contributed by atoms with Gasteiger partial charge < -0.3 is 10.5 Å². The van der Waals surface area contributed by atoms with Gasteiger partial charge in [0.25, 0.3) is 0 Å². The minimum atomic E-state index is -0.182. The molecular formula is C18H21NO2. The van der Waals surface area contributed by atoms with Crippen LogP contribution in [0.5, 0.6) is 0 Å². The van der Waals surface area contributed by atoms with Gasteiger partial charge in [0.2, 0.25) is 0 Å². The van der Waals surface area contributed by atoms with Crippen molar-refractivity contribution in [1.29, 1.82) is 0 Å². The van der Waals surface area contributed by atoms with Crippen molar-refractivity contribution in [3.8, 4) is 0 Å². The second-order valence-electron chi connectivity index (χ2n) is 5.34. The van der Waals surface area contributed by atoms with Crippen molar-refractivity contribution in [2.24, 2.45) is 0 Å². The van der Waals surface area contributed by atoms with Crippen LogP contribution in [0.4, 0.5) is 5.69 Å². The van der Waals surface area contributed by atoms with Crippen molar-refractivity contribution >= 4 is 11.7 Å². The Labute approximate surface area is 125 Å². The Kier molecular flexibility index (Phi) is 4.99. The van der Waals surface area contributed by atoms with Crippen LogP contribution in [0.15, 0.2) is 42.5 Å². The van der Waals surface area contributed by atoms with Crippen LogP contribution in [0.2, 0.25) is 0 Å². The summed E-state index contributed by atoms with van der Waals surface area (Å²) in [7, 11) is 0. The van der Waals surface area contributed by atoms with E-state index in [1.807, 2.05) is 44.2 Å². The van der Waals surface area contributed by atoms with Crippen LogP contribution >= 0.6 is 0 Å². The topological polar surface area (TPSA) is 52.3 Å². The van der Waals surface area contributed by atoms with Crippen molar-refractivity contribution in [2.75, 3.05) is 5.73 Å². The third-order valence-electron chi connectivity index (χ3n) is 3.46. The van der Waals surface area contributed by atoms with Crippen LogP contribution < -0.4 is 5.73 Å². The molecule has 110 valence electrons. The monoisotopic (exact) mass is 283 g/mol. The molecular weight excluding hydrogens is 262 g/mol. The Bertz CT molecular complexity index is 635. The molecule has 0 aromatic heterocycles. The predicted octanol–water partition coefficient (Wildman–Crippen LogP) is 3.56. The Morgan fingerprint density at radius 3 is 2.71 bits per heavy atom. The maximum atomic E-state index is 11.8. The lowest BCUT2D eigenvalue weighted by molar-refractivity contribution is -0.144. The van der Waals surface area contributed by atoms with Crippen molar-refractivity contribution in [1.82, 2.24) is 0 Å². The van der Waals surface area contributed by atoms with Gasteiger partial charge in [-0.3, -0.25) is 4.79 Å². The van der Waals surface area contributed by atoms with E-state index in [4.69, 9.17) is 10.5 Å².